The molecule has 16 heavy (non-hydrogen) atoms. The minimum atomic E-state index is -0.881. The molecule has 0 bridgehead atoms. The number of carboxylic acid groups (broad SMARTS) is 1. The third-order valence-corrected chi connectivity index (χ3v) is 2.48. The summed E-state index contributed by atoms with van der Waals surface area (Å²) in [5.74, 6) is -0.318. The Balaban J connectivity index is 2.30. The Hall–Kier alpha value is -2.03. The van der Waals surface area contributed by atoms with Crippen molar-refractivity contribution in [2.75, 3.05) is 0 Å². The molecular formula is C13H12O3. The van der Waals surface area contributed by atoms with Crippen LogP contribution in [0, 0.1) is 0 Å². The molecule has 0 fully saturated rings. The summed E-state index contributed by atoms with van der Waals surface area (Å²) in [6.45, 7) is 1.61. The zero-order valence-electron chi connectivity index (χ0n) is 8.88. The van der Waals surface area contributed by atoms with Crippen LogP contribution in [-0.2, 0) is 4.79 Å². The Labute approximate surface area is 93.3 Å². The Morgan fingerprint density at radius 2 is 1.88 bits per heavy atom. The van der Waals surface area contributed by atoms with E-state index in [9.17, 15) is 4.79 Å². The number of hydrogen-bond donors (Lipinski definition) is 1. The molecule has 0 aliphatic carbocycles. The second kappa shape index (κ2) is 4.23. The molecule has 1 N–H and O–H groups in total. The molecule has 1 atom stereocenters. The molecule has 0 spiro atoms. The van der Waals surface area contributed by atoms with E-state index in [1.807, 2.05) is 30.3 Å². The minimum absolute atomic E-state index is 0.478. The first-order chi connectivity index (χ1) is 7.68. The predicted molar refractivity (Wildman–Crippen MR) is 60.2 cm³/mol. The normalized spacial score (nSPS) is 12.3. The van der Waals surface area contributed by atoms with Gasteiger partial charge in [-0.25, -0.2) is 0 Å². The van der Waals surface area contributed by atoms with Gasteiger partial charge in [0.15, 0.2) is 0 Å². The van der Waals surface area contributed by atoms with Gasteiger partial charge in [0.05, 0.1) is 0 Å². The molecule has 2 aromatic rings. The van der Waals surface area contributed by atoms with Crippen molar-refractivity contribution < 1.29 is 14.3 Å². The molecule has 0 radical (unpaired) electrons. The number of carboxylic acids is 1. The molecule has 1 unspecified atom stereocenters. The van der Waals surface area contributed by atoms with Gasteiger partial charge in [-0.1, -0.05) is 30.3 Å². The van der Waals surface area contributed by atoms with Gasteiger partial charge in [-0.05, 0) is 19.1 Å². The summed E-state index contributed by atoms with van der Waals surface area (Å²) < 4.78 is 5.51. The molecular weight excluding hydrogens is 204 g/mol. The van der Waals surface area contributed by atoms with E-state index in [1.165, 1.54) is 0 Å². The van der Waals surface area contributed by atoms with Crippen LogP contribution in [0.5, 0.6) is 0 Å². The molecule has 0 aliphatic heterocycles. The Bertz CT molecular complexity index is 485. The largest absolute Gasteiger partial charge is 0.481 e. The van der Waals surface area contributed by atoms with Crippen LogP contribution in [0.4, 0.5) is 0 Å². The van der Waals surface area contributed by atoms with Crippen LogP contribution in [-0.4, -0.2) is 11.1 Å². The third kappa shape index (κ3) is 1.98. The van der Waals surface area contributed by atoms with E-state index >= 15 is 0 Å². The topological polar surface area (TPSA) is 50.4 Å². The highest BCUT2D eigenvalue weighted by atomic mass is 16.4. The standard InChI is InChI=1S/C13H12O3/c1-9(13(14)15)11-7-8-12(16-11)10-5-3-2-4-6-10/h2-9H,1H3,(H,14,15). The lowest BCUT2D eigenvalue weighted by molar-refractivity contribution is -0.138. The highest BCUT2D eigenvalue weighted by Gasteiger charge is 2.17. The molecule has 0 amide bonds. The predicted octanol–water partition coefficient (Wildman–Crippen LogP) is 3.13. The van der Waals surface area contributed by atoms with Crippen molar-refractivity contribution >= 4 is 5.97 Å². The van der Waals surface area contributed by atoms with E-state index in [1.54, 1.807) is 19.1 Å². The number of aliphatic carboxylic acids is 1. The second-order valence-electron chi connectivity index (χ2n) is 3.63. The quantitative estimate of drug-likeness (QED) is 0.857. The molecule has 0 saturated heterocycles. The fourth-order valence-corrected chi connectivity index (χ4v) is 1.46. The fraction of sp³-hybridized carbons (Fsp3) is 0.154. The van der Waals surface area contributed by atoms with E-state index in [0.717, 1.165) is 5.56 Å². The van der Waals surface area contributed by atoms with Crippen molar-refractivity contribution in [1.82, 2.24) is 0 Å². The van der Waals surface area contributed by atoms with Crippen LogP contribution < -0.4 is 0 Å². The lowest BCUT2D eigenvalue weighted by atomic mass is 10.1. The van der Waals surface area contributed by atoms with Gasteiger partial charge >= 0.3 is 5.97 Å². The molecule has 2 rings (SSSR count). The molecule has 0 aliphatic rings. The van der Waals surface area contributed by atoms with Crippen LogP contribution in [0.15, 0.2) is 46.9 Å². The van der Waals surface area contributed by atoms with E-state index in [-0.39, 0.29) is 0 Å². The molecule has 0 saturated carbocycles. The first kappa shape index (κ1) is 10.5. The highest BCUT2D eigenvalue weighted by Crippen LogP contribution is 2.25. The Morgan fingerprint density at radius 1 is 1.19 bits per heavy atom. The fourth-order valence-electron chi connectivity index (χ4n) is 1.46. The number of carbonyl (C=O) groups is 1. The van der Waals surface area contributed by atoms with E-state index < -0.39 is 11.9 Å². The Morgan fingerprint density at radius 3 is 2.50 bits per heavy atom. The van der Waals surface area contributed by atoms with Gasteiger partial charge in [0.1, 0.15) is 17.4 Å². The molecule has 1 heterocycles. The Kier molecular flexibility index (Phi) is 2.77. The maximum absolute atomic E-state index is 10.8. The summed E-state index contributed by atoms with van der Waals surface area (Å²) in [6.07, 6.45) is 0. The van der Waals surface area contributed by atoms with Crippen molar-refractivity contribution in [1.29, 1.82) is 0 Å². The lowest BCUT2D eigenvalue weighted by Crippen LogP contribution is -2.05. The zero-order chi connectivity index (χ0) is 11.5. The summed E-state index contributed by atoms with van der Waals surface area (Å²) in [6, 6.07) is 13.1. The first-order valence-corrected chi connectivity index (χ1v) is 5.06. The van der Waals surface area contributed by atoms with Crippen molar-refractivity contribution in [2.45, 2.75) is 12.8 Å². The molecule has 1 aromatic heterocycles. The maximum atomic E-state index is 10.8. The van der Waals surface area contributed by atoms with Gasteiger partial charge in [-0.15, -0.1) is 0 Å². The molecule has 3 nitrogen and oxygen atoms in total. The van der Waals surface area contributed by atoms with Crippen molar-refractivity contribution in [2.24, 2.45) is 0 Å². The first-order valence-electron chi connectivity index (χ1n) is 5.06. The maximum Gasteiger partial charge on any atom is 0.313 e. The van der Waals surface area contributed by atoms with Gasteiger partial charge in [0.25, 0.3) is 0 Å². The van der Waals surface area contributed by atoms with Crippen LogP contribution >= 0.6 is 0 Å². The molecule has 1 aromatic carbocycles. The summed E-state index contributed by atoms with van der Waals surface area (Å²) in [5, 5.41) is 8.86. The summed E-state index contributed by atoms with van der Waals surface area (Å²) in [7, 11) is 0. The second-order valence-corrected chi connectivity index (χ2v) is 3.63. The van der Waals surface area contributed by atoms with E-state index in [2.05, 4.69) is 0 Å². The van der Waals surface area contributed by atoms with Crippen molar-refractivity contribution in [3.63, 3.8) is 0 Å². The average molecular weight is 216 g/mol. The van der Waals surface area contributed by atoms with Crippen LogP contribution in [0.1, 0.15) is 18.6 Å². The molecule has 3 heteroatoms. The van der Waals surface area contributed by atoms with Gasteiger partial charge in [-0.2, -0.15) is 0 Å². The van der Waals surface area contributed by atoms with Gasteiger partial charge in [-0.3, -0.25) is 4.79 Å². The van der Waals surface area contributed by atoms with E-state index in [4.69, 9.17) is 9.52 Å². The van der Waals surface area contributed by atoms with Gasteiger partial charge < -0.3 is 9.52 Å². The summed E-state index contributed by atoms with van der Waals surface area (Å²) >= 11 is 0. The van der Waals surface area contributed by atoms with Crippen LogP contribution in [0.2, 0.25) is 0 Å². The summed E-state index contributed by atoms with van der Waals surface area (Å²) in [5.41, 5.74) is 0.950. The van der Waals surface area contributed by atoms with Gasteiger partial charge in [0.2, 0.25) is 0 Å². The number of rotatable bonds is 3. The smallest absolute Gasteiger partial charge is 0.313 e. The minimum Gasteiger partial charge on any atom is -0.481 e. The number of furan rings is 1. The number of benzene rings is 1. The lowest BCUT2D eigenvalue weighted by Gasteiger charge is -2.01. The highest BCUT2D eigenvalue weighted by molar-refractivity contribution is 5.75. The number of hydrogen-bond acceptors (Lipinski definition) is 2. The molecule has 82 valence electrons. The third-order valence-electron chi connectivity index (χ3n) is 2.48. The SMILES string of the molecule is CC(C(=O)O)c1ccc(-c2ccccc2)o1. The monoisotopic (exact) mass is 216 g/mol. The van der Waals surface area contributed by atoms with Crippen LogP contribution in [0.25, 0.3) is 11.3 Å². The van der Waals surface area contributed by atoms with Crippen molar-refractivity contribution in [3.05, 3.63) is 48.2 Å². The van der Waals surface area contributed by atoms with Crippen LogP contribution in [0.3, 0.4) is 0 Å². The summed E-state index contributed by atoms with van der Waals surface area (Å²) in [4.78, 5) is 10.8. The van der Waals surface area contributed by atoms with Gasteiger partial charge in [0, 0.05) is 5.56 Å². The average Bonchev–Trinajstić information content (AvgIpc) is 2.78. The zero-order valence-corrected chi connectivity index (χ0v) is 8.88. The van der Waals surface area contributed by atoms with E-state index in [0.29, 0.717) is 11.5 Å². The van der Waals surface area contributed by atoms with Crippen molar-refractivity contribution in [3.8, 4) is 11.3 Å².